The summed E-state index contributed by atoms with van der Waals surface area (Å²) in [6, 6.07) is 12.6. The van der Waals surface area contributed by atoms with Crippen LogP contribution in [0.3, 0.4) is 0 Å². The molecule has 2 unspecified atom stereocenters. The first kappa shape index (κ1) is 23.9. The normalized spacial score (nSPS) is 15.6. The van der Waals surface area contributed by atoms with Crippen molar-refractivity contribution in [3.05, 3.63) is 47.5 Å². The Morgan fingerprint density at radius 1 is 1.10 bits per heavy atom. The molecule has 168 valence electrons. The highest BCUT2D eigenvalue weighted by atomic mass is 28.5. The predicted octanol–water partition coefficient (Wildman–Crippen LogP) is 4.69. The largest absolute Gasteiger partial charge is 0.505 e. The van der Waals surface area contributed by atoms with E-state index in [9.17, 15) is 5.11 Å². The fourth-order valence-corrected chi connectivity index (χ4v) is 14.9. The van der Waals surface area contributed by atoms with Crippen LogP contribution in [0.4, 0.5) is 0 Å². The van der Waals surface area contributed by atoms with Gasteiger partial charge in [-0.15, -0.1) is 15.0 Å². The van der Waals surface area contributed by atoms with E-state index in [1.54, 1.807) is 4.80 Å². The molecule has 1 heterocycles. The van der Waals surface area contributed by atoms with Crippen molar-refractivity contribution in [2.75, 3.05) is 0 Å². The smallest absolute Gasteiger partial charge is 0.314 e. The van der Waals surface area contributed by atoms with Crippen molar-refractivity contribution < 1.29 is 13.3 Å². The summed E-state index contributed by atoms with van der Waals surface area (Å²) in [5.41, 5.74) is 4.23. The molecule has 3 aromatic rings. The molecule has 0 saturated heterocycles. The van der Waals surface area contributed by atoms with Crippen LogP contribution in [-0.2, 0) is 14.7 Å². The molecule has 0 bridgehead atoms. The van der Waals surface area contributed by atoms with E-state index in [4.69, 9.17) is 8.23 Å². The van der Waals surface area contributed by atoms with E-state index in [0.717, 1.165) is 34.6 Å². The summed E-state index contributed by atoms with van der Waals surface area (Å²) < 4.78 is 12.9. The second kappa shape index (κ2) is 9.37. The Balaban J connectivity index is 1.86. The van der Waals surface area contributed by atoms with Crippen LogP contribution in [0.5, 0.6) is 5.75 Å². The maximum absolute atomic E-state index is 11.1. The molecule has 2 atom stereocenters. The molecule has 0 amide bonds. The third-order valence-corrected chi connectivity index (χ3v) is 14.3. The molecule has 0 aliphatic heterocycles. The highest BCUT2D eigenvalue weighted by Gasteiger charge is 2.37. The van der Waals surface area contributed by atoms with E-state index in [2.05, 4.69) is 55.9 Å². The Hall–Kier alpha value is -1.79. The van der Waals surface area contributed by atoms with Gasteiger partial charge in [-0.3, -0.25) is 0 Å². The van der Waals surface area contributed by atoms with Crippen molar-refractivity contribution in [1.29, 1.82) is 0 Å². The molecule has 0 fully saturated rings. The molecule has 2 aromatic carbocycles. The number of aryl methyl sites for hydroxylation is 1. The Morgan fingerprint density at radius 2 is 1.71 bits per heavy atom. The third-order valence-electron chi connectivity index (χ3n) is 5.07. The van der Waals surface area contributed by atoms with Crippen LogP contribution in [0.2, 0.25) is 38.8 Å². The number of nitrogens with zero attached hydrogens (tertiary/aromatic N) is 3. The number of fused-ring (bicyclic) bond motifs is 1. The number of benzene rings is 2. The Morgan fingerprint density at radius 3 is 2.26 bits per heavy atom. The van der Waals surface area contributed by atoms with Crippen LogP contribution in [0.15, 0.2) is 36.4 Å². The Labute approximate surface area is 189 Å². The van der Waals surface area contributed by atoms with E-state index in [1.807, 2.05) is 37.3 Å². The zero-order valence-electron chi connectivity index (χ0n) is 19.8. The van der Waals surface area contributed by atoms with E-state index < -0.39 is 26.6 Å². The van der Waals surface area contributed by atoms with Crippen LogP contribution in [-0.4, -0.2) is 46.7 Å². The van der Waals surface area contributed by atoms with Gasteiger partial charge in [0.15, 0.2) is 8.32 Å². The molecule has 6 nitrogen and oxygen atoms in total. The summed E-state index contributed by atoms with van der Waals surface area (Å²) in [5.74, 6) is 0.580. The molecule has 0 aliphatic rings. The zero-order valence-corrected chi connectivity index (χ0v) is 23.2. The van der Waals surface area contributed by atoms with Crippen molar-refractivity contribution >= 4 is 37.7 Å². The summed E-state index contributed by atoms with van der Waals surface area (Å²) in [7, 11) is -4.46. The maximum atomic E-state index is 11.1. The summed E-state index contributed by atoms with van der Waals surface area (Å²) in [6.07, 6.45) is 0.758. The number of hydrogen-bond donors (Lipinski definition) is 1. The molecule has 0 aliphatic carbocycles. The predicted molar refractivity (Wildman–Crippen MR) is 134 cm³/mol. The number of aromatic nitrogens is 3. The fraction of sp³-hybridized carbons (Fsp3) is 0.455. The molecular weight excluding hydrogens is 439 g/mol. The average Bonchev–Trinajstić information content (AvgIpc) is 3.06. The highest BCUT2D eigenvalue weighted by Crippen LogP contribution is 2.32. The summed E-state index contributed by atoms with van der Waals surface area (Å²) in [4.78, 5) is 1.54. The van der Waals surface area contributed by atoms with Crippen LogP contribution in [0.25, 0.3) is 16.7 Å². The molecule has 1 N–H and O–H groups in total. The Bertz CT molecular complexity index is 1020. The van der Waals surface area contributed by atoms with Gasteiger partial charge in [0, 0.05) is 0 Å². The number of phenolic OH excluding ortho intramolecular Hbond substituents is 1. The summed E-state index contributed by atoms with van der Waals surface area (Å²) in [5, 5.41) is 20.2. The number of rotatable bonds is 9. The number of phenols is 1. The van der Waals surface area contributed by atoms with Gasteiger partial charge in [-0.25, -0.2) is 0 Å². The first-order valence-electron chi connectivity index (χ1n) is 11.0. The zero-order chi connectivity index (χ0) is 22.8. The minimum Gasteiger partial charge on any atom is -0.505 e. The number of aromatic hydroxyl groups is 1. The topological polar surface area (TPSA) is 69.4 Å². The van der Waals surface area contributed by atoms with Gasteiger partial charge in [0.1, 0.15) is 32.2 Å². The lowest BCUT2D eigenvalue weighted by Gasteiger charge is -2.35. The third kappa shape index (κ3) is 6.13. The first-order chi connectivity index (χ1) is 14.5. The van der Waals surface area contributed by atoms with Crippen LogP contribution in [0.1, 0.15) is 18.1 Å². The summed E-state index contributed by atoms with van der Waals surface area (Å²) >= 11 is 0. The monoisotopic (exact) mass is 473 g/mol. The van der Waals surface area contributed by atoms with Crippen molar-refractivity contribution in [2.24, 2.45) is 5.92 Å². The van der Waals surface area contributed by atoms with E-state index in [0.29, 0.717) is 11.6 Å². The van der Waals surface area contributed by atoms with Gasteiger partial charge in [-0.1, -0.05) is 31.7 Å². The Kier molecular flexibility index (Phi) is 7.21. The van der Waals surface area contributed by atoms with Crippen molar-refractivity contribution in [1.82, 2.24) is 15.0 Å². The van der Waals surface area contributed by atoms with Crippen molar-refractivity contribution in [3.63, 3.8) is 0 Å². The van der Waals surface area contributed by atoms with Gasteiger partial charge in [0.2, 0.25) is 0 Å². The molecule has 0 radical (unpaired) electrons. The quantitative estimate of drug-likeness (QED) is 0.457. The lowest BCUT2D eigenvalue weighted by molar-refractivity contribution is 0.382. The van der Waals surface area contributed by atoms with Gasteiger partial charge in [0.05, 0.1) is 0 Å². The molecule has 9 heteroatoms. The maximum Gasteiger partial charge on any atom is 0.314 e. The van der Waals surface area contributed by atoms with Crippen LogP contribution >= 0.6 is 0 Å². The standard InChI is InChI=1S/C22H35N3O3Si3/c1-16-12-18(13-17(2)15-31(7,27-29-3)28-30(4,5)6)22(26)21(14-16)25-23-19-10-8-9-11-20(19)24-25/h8-12,14,17,26H,13,15,29H2,1-7H3. The lowest BCUT2D eigenvalue weighted by atomic mass is 9.99. The van der Waals surface area contributed by atoms with Gasteiger partial charge in [-0.05, 0) is 80.8 Å². The van der Waals surface area contributed by atoms with Gasteiger partial charge >= 0.3 is 8.56 Å². The SMILES string of the molecule is C[SiH2]O[Si](C)(CC(C)Cc1cc(C)cc(-n2nc3ccccc3n2)c1O)O[Si](C)(C)C. The minimum absolute atomic E-state index is 0.248. The van der Waals surface area contributed by atoms with Gasteiger partial charge in [0.25, 0.3) is 0 Å². The van der Waals surface area contributed by atoms with Crippen molar-refractivity contribution in [3.8, 4) is 11.4 Å². The molecular formula is C22H35N3O3Si3. The van der Waals surface area contributed by atoms with Crippen LogP contribution in [0, 0.1) is 12.8 Å². The lowest BCUT2D eigenvalue weighted by Crippen LogP contribution is -2.48. The van der Waals surface area contributed by atoms with Gasteiger partial charge < -0.3 is 13.3 Å². The van der Waals surface area contributed by atoms with Crippen LogP contribution < -0.4 is 0 Å². The fourth-order valence-electron chi connectivity index (χ4n) is 4.27. The van der Waals surface area contributed by atoms with Gasteiger partial charge in [-0.2, -0.15) is 0 Å². The molecule has 1 aromatic heterocycles. The number of hydrogen-bond acceptors (Lipinski definition) is 5. The van der Waals surface area contributed by atoms with E-state index in [1.165, 1.54) is 0 Å². The van der Waals surface area contributed by atoms with E-state index >= 15 is 0 Å². The molecule has 0 spiro atoms. The van der Waals surface area contributed by atoms with E-state index in [-0.39, 0.29) is 5.75 Å². The second-order valence-corrected chi connectivity index (χ2v) is 19.0. The second-order valence-electron chi connectivity index (χ2n) is 9.56. The van der Waals surface area contributed by atoms with Crippen molar-refractivity contribution in [2.45, 2.75) is 59.0 Å². The summed E-state index contributed by atoms with van der Waals surface area (Å²) in [6.45, 7) is 15.3. The highest BCUT2D eigenvalue weighted by molar-refractivity contribution is 6.83. The first-order valence-corrected chi connectivity index (χ1v) is 18.9. The molecule has 31 heavy (non-hydrogen) atoms. The minimum atomic E-state index is -2.22. The molecule has 0 saturated carbocycles. The average molecular weight is 474 g/mol. The molecule has 3 rings (SSSR count).